The number of hydrogen-bond donors (Lipinski definition) is 0. The molecule has 0 unspecified atom stereocenters. The van der Waals surface area contributed by atoms with Gasteiger partial charge in [0.2, 0.25) is 0 Å². The van der Waals surface area contributed by atoms with Gasteiger partial charge in [-0.15, -0.1) is 0 Å². The van der Waals surface area contributed by atoms with Crippen molar-refractivity contribution in [3.05, 3.63) is 132 Å². The molecule has 1 spiro atoms. The summed E-state index contributed by atoms with van der Waals surface area (Å²) in [5, 5.41) is 12.2. The largest absolute Gasteiger partial charge is 0.228 e. The zero-order chi connectivity index (χ0) is 28.1. The van der Waals surface area contributed by atoms with Crippen LogP contribution in [0.4, 0.5) is 0 Å². The van der Waals surface area contributed by atoms with Crippen molar-refractivity contribution < 1.29 is 0 Å². The van der Waals surface area contributed by atoms with Crippen LogP contribution >= 0.6 is 0 Å². The van der Waals surface area contributed by atoms with Crippen LogP contribution in [-0.2, 0) is 5.41 Å². The predicted octanol–water partition coefficient (Wildman–Crippen LogP) is 9.73. The van der Waals surface area contributed by atoms with E-state index in [0.29, 0.717) is 11.4 Å². The first-order valence-corrected chi connectivity index (χ1v) is 14.9. The number of benzene rings is 5. The smallest absolute Gasteiger partial charge is 0.160 e. The molecule has 0 aliphatic heterocycles. The Kier molecular flexibility index (Phi) is 5.76. The van der Waals surface area contributed by atoms with Crippen LogP contribution in [0.25, 0.3) is 55.8 Å². The number of hydrogen-bond acceptors (Lipinski definition) is 3. The van der Waals surface area contributed by atoms with Crippen LogP contribution in [0.3, 0.4) is 0 Å². The molecule has 3 nitrogen and oxygen atoms in total. The van der Waals surface area contributed by atoms with E-state index in [1.165, 1.54) is 52.3 Å². The Morgan fingerprint density at radius 1 is 0.571 bits per heavy atom. The second kappa shape index (κ2) is 9.79. The normalized spacial score (nSPS) is 14.8. The average molecular weight is 540 g/mol. The molecular weight excluding hydrogens is 510 g/mol. The quantitative estimate of drug-likeness (QED) is 0.225. The van der Waals surface area contributed by atoms with Crippen molar-refractivity contribution in [3.8, 4) is 51.1 Å². The molecule has 1 heterocycles. The summed E-state index contributed by atoms with van der Waals surface area (Å²) < 4.78 is 0. The Balaban J connectivity index is 1.39. The molecule has 0 N–H and O–H groups in total. The first kappa shape index (κ1) is 24.7. The molecule has 6 aromatic rings. The Bertz CT molecular complexity index is 2030. The maximum atomic E-state index is 9.83. The Morgan fingerprint density at radius 3 is 2.19 bits per heavy atom. The highest BCUT2D eigenvalue weighted by atomic mass is 14.9. The molecule has 3 heteroatoms. The second-order valence-electron chi connectivity index (χ2n) is 11.6. The first-order chi connectivity index (χ1) is 20.7. The topological polar surface area (TPSA) is 49.6 Å². The summed E-state index contributed by atoms with van der Waals surface area (Å²) in [6.45, 7) is 0. The zero-order valence-corrected chi connectivity index (χ0v) is 23.3. The molecule has 0 saturated heterocycles. The lowest BCUT2D eigenvalue weighted by Crippen LogP contribution is -2.28. The minimum Gasteiger partial charge on any atom is -0.228 e. The lowest BCUT2D eigenvalue weighted by Gasteiger charge is -2.36. The van der Waals surface area contributed by atoms with Crippen molar-refractivity contribution in [2.75, 3.05) is 0 Å². The summed E-state index contributed by atoms with van der Waals surface area (Å²) in [7, 11) is 0. The van der Waals surface area contributed by atoms with E-state index in [9.17, 15) is 5.26 Å². The van der Waals surface area contributed by atoms with Gasteiger partial charge < -0.3 is 0 Å². The van der Waals surface area contributed by atoms with Crippen LogP contribution in [0, 0.1) is 11.3 Å². The van der Waals surface area contributed by atoms with Crippen LogP contribution in [0.5, 0.6) is 0 Å². The summed E-state index contributed by atoms with van der Waals surface area (Å²) >= 11 is 0. The molecule has 1 fully saturated rings. The number of nitrogens with zero attached hydrogens (tertiary/aromatic N) is 3. The molecule has 0 atom stereocenters. The van der Waals surface area contributed by atoms with Gasteiger partial charge in [-0.05, 0) is 70.1 Å². The van der Waals surface area contributed by atoms with E-state index in [0.717, 1.165) is 40.9 Å². The van der Waals surface area contributed by atoms with Crippen molar-refractivity contribution in [2.45, 2.75) is 37.5 Å². The third kappa shape index (κ3) is 3.87. The minimum absolute atomic E-state index is 0.00335. The van der Waals surface area contributed by atoms with E-state index in [-0.39, 0.29) is 5.41 Å². The van der Waals surface area contributed by atoms with Gasteiger partial charge in [-0.3, -0.25) is 0 Å². The third-order valence-electron chi connectivity index (χ3n) is 9.30. The van der Waals surface area contributed by atoms with Crippen LogP contribution in [0.15, 0.2) is 115 Å². The molecule has 0 amide bonds. The highest BCUT2D eigenvalue weighted by Gasteiger charge is 2.44. The molecule has 5 aromatic carbocycles. The molecule has 0 radical (unpaired) electrons. The number of fused-ring (bicyclic) bond motifs is 6. The first-order valence-electron chi connectivity index (χ1n) is 14.9. The molecule has 1 aromatic heterocycles. The maximum Gasteiger partial charge on any atom is 0.160 e. The number of nitriles is 1. The molecule has 0 bridgehead atoms. The van der Waals surface area contributed by atoms with E-state index in [1.54, 1.807) is 0 Å². The van der Waals surface area contributed by atoms with Gasteiger partial charge in [0.25, 0.3) is 0 Å². The maximum absolute atomic E-state index is 9.83. The fourth-order valence-electron chi connectivity index (χ4n) is 7.33. The van der Waals surface area contributed by atoms with E-state index in [4.69, 9.17) is 9.97 Å². The lowest BCUT2D eigenvalue weighted by atomic mass is 9.67. The highest BCUT2D eigenvalue weighted by molar-refractivity contribution is 5.94. The van der Waals surface area contributed by atoms with Crippen molar-refractivity contribution in [1.82, 2.24) is 9.97 Å². The van der Waals surface area contributed by atoms with E-state index in [2.05, 4.69) is 97.1 Å². The van der Waals surface area contributed by atoms with Gasteiger partial charge in [0.1, 0.15) is 0 Å². The predicted molar refractivity (Wildman–Crippen MR) is 170 cm³/mol. The number of rotatable bonds is 3. The third-order valence-corrected chi connectivity index (χ3v) is 9.30. The Morgan fingerprint density at radius 2 is 1.36 bits per heavy atom. The minimum atomic E-state index is 0.00335. The van der Waals surface area contributed by atoms with Crippen molar-refractivity contribution in [3.63, 3.8) is 0 Å². The highest BCUT2D eigenvalue weighted by Crippen LogP contribution is 2.58. The Labute approximate surface area is 246 Å². The van der Waals surface area contributed by atoms with Crippen molar-refractivity contribution >= 4 is 10.8 Å². The zero-order valence-electron chi connectivity index (χ0n) is 23.3. The molecule has 42 heavy (non-hydrogen) atoms. The fraction of sp³-hybridized carbons (Fsp3) is 0.154. The summed E-state index contributed by atoms with van der Waals surface area (Å²) in [6, 6.07) is 42.8. The molecule has 2 aliphatic rings. The van der Waals surface area contributed by atoms with Gasteiger partial charge in [0.05, 0.1) is 23.0 Å². The standard InChI is InChI=1S/C39H29N3/c40-25-26-16-19-33-32(22-26)37-31(14-9-15-34(37)39(33)20-7-2-8-21-39)36-24-35(41-38(42-36)28-11-3-1-4-12-28)30-18-17-27-10-5-6-13-29(27)23-30/h1,3-6,9-19,22-24H,2,7-8,20-21H2. The van der Waals surface area contributed by atoms with Crippen molar-refractivity contribution in [2.24, 2.45) is 0 Å². The molecule has 2 aliphatic carbocycles. The average Bonchev–Trinajstić information content (AvgIpc) is 3.33. The van der Waals surface area contributed by atoms with Crippen LogP contribution in [0.1, 0.15) is 48.8 Å². The van der Waals surface area contributed by atoms with Gasteiger partial charge in [0, 0.05) is 22.1 Å². The van der Waals surface area contributed by atoms with Crippen LogP contribution in [-0.4, -0.2) is 9.97 Å². The fourth-order valence-corrected chi connectivity index (χ4v) is 7.33. The number of aromatic nitrogens is 2. The van der Waals surface area contributed by atoms with Gasteiger partial charge in [0.15, 0.2) is 5.82 Å². The van der Waals surface area contributed by atoms with E-state index >= 15 is 0 Å². The molecule has 200 valence electrons. The van der Waals surface area contributed by atoms with E-state index in [1.807, 2.05) is 24.3 Å². The van der Waals surface area contributed by atoms with Crippen molar-refractivity contribution in [1.29, 1.82) is 5.26 Å². The Hall–Kier alpha value is -5.07. The summed E-state index contributed by atoms with van der Waals surface area (Å²) in [5.41, 5.74) is 10.9. The van der Waals surface area contributed by atoms with Crippen LogP contribution in [0.2, 0.25) is 0 Å². The monoisotopic (exact) mass is 539 g/mol. The van der Waals surface area contributed by atoms with Crippen LogP contribution < -0.4 is 0 Å². The summed E-state index contributed by atoms with van der Waals surface area (Å²) in [5.74, 6) is 0.713. The SMILES string of the molecule is N#Cc1ccc2c(c1)-c1c(-c3cc(-c4ccc5ccccc5c4)nc(-c4ccccc4)n3)cccc1C21CCCCC1. The molecule has 8 rings (SSSR count). The second-order valence-corrected chi connectivity index (χ2v) is 11.6. The summed E-state index contributed by atoms with van der Waals surface area (Å²) in [4.78, 5) is 10.3. The van der Waals surface area contributed by atoms with E-state index < -0.39 is 0 Å². The summed E-state index contributed by atoms with van der Waals surface area (Å²) in [6.07, 6.45) is 6.01. The van der Waals surface area contributed by atoms with Gasteiger partial charge >= 0.3 is 0 Å². The van der Waals surface area contributed by atoms with Gasteiger partial charge in [-0.1, -0.05) is 110 Å². The van der Waals surface area contributed by atoms with Gasteiger partial charge in [-0.2, -0.15) is 5.26 Å². The lowest BCUT2D eigenvalue weighted by molar-refractivity contribution is 0.353. The molecular formula is C39H29N3. The van der Waals surface area contributed by atoms with Gasteiger partial charge in [-0.25, -0.2) is 9.97 Å². The molecule has 1 saturated carbocycles.